The lowest BCUT2D eigenvalue weighted by Gasteiger charge is -2.03. The van der Waals surface area contributed by atoms with Crippen LogP contribution in [-0.4, -0.2) is 9.55 Å². The first kappa shape index (κ1) is 6.70. The second kappa shape index (κ2) is 2.57. The van der Waals surface area contributed by atoms with Crippen LogP contribution in [0, 0.1) is 0 Å². The van der Waals surface area contributed by atoms with Crippen molar-refractivity contribution in [3.8, 4) is 0 Å². The van der Waals surface area contributed by atoms with E-state index in [4.69, 9.17) is 5.73 Å². The predicted molar refractivity (Wildman–Crippen MR) is 44.2 cm³/mol. The van der Waals surface area contributed by atoms with Crippen LogP contribution < -0.4 is 5.73 Å². The summed E-state index contributed by atoms with van der Waals surface area (Å²) in [6.07, 6.45) is 6.89. The summed E-state index contributed by atoms with van der Waals surface area (Å²) < 4.78 is 2.13. The number of fused-ring (bicyclic) bond motifs is 1. The molecule has 3 nitrogen and oxygen atoms in total. The third-order valence-electron chi connectivity index (χ3n) is 2.28. The van der Waals surface area contributed by atoms with Crippen LogP contribution in [0.5, 0.6) is 0 Å². The second-order valence-corrected chi connectivity index (χ2v) is 3.07. The van der Waals surface area contributed by atoms with Crippen LogP contribution in [0.2, 0.25) is 0 Å². The van der Waals surface area contributed by atoms with E-state index in [1.54, 1.807) is 0 Å². The number of nitrogens with zero attached hydrogens (tertiary/aromatic N) is 2. The summed E-state index contributed by atoms with van der Waals surface area (Å²) in [5.41, 5.74) is 6.99. The van der Waals surface area contributed by atoms with Crippen molar-refractivity contribution in [3.63, 3.8) is 0 Å². The van der Waals surface area contributed by atoms with Crippen molar-refractivity contribution in [1.29, 1.82) is 0 Å². The van der Waals surface area contributed by atoms with E-state index in [2.05, 4.69) is 9.55 Å². The van der Waals surface area contributed by atoms with E-state index >= 15 is 0 Å². The van der Waals surface area contributed by atoms with Gasteiger partial charge in [-0.05, 0) is 19.3 Å². The second-order valence-electron chi connectivity index (χ2n) is 3.07. The number of hydrogen-bond donors (Lipinski definition) is 1. The third-order valence-corrected chi connectivity index (χ3v) is 2.28. The first-order valence-corrected chi connectivity index (χ1v) is 4.18. The average molecular weight is 151 g/mol. The summed E-state index contributed by atoms with van der Waals surface area (Å²) in [5.74, 6) is 0.682. The van der Waals surface area contributed by atoms with Gasteiger partial charge in [-0.15, -0.1) is 0 Å². The van der Waals surface area contributed by atoms with Crippen LogP contribution >= 0.6 is 0 Å². The zero-order valence-electron chi connectivity index (χ0n) is 6.58. The lowest BCUT2D eigenvalue weighted by atomic mass is 10.2. The zero-order chi connectivity index (χ0) is 7.68. The van der Waals surface area contributed by atoms with E-state index < -0.39 is 0 Å². The highest BCUT2D eigenvalue weighted by molar-refractivity contribution is 5.23. The molecule has 0 bridgehead atoms. The molecule has 1 aromatic rings. The summed E-state index contributed by atoms with van der Waals surface area (Å²) >= 11 is 0. The number of aromatic nitrogens is 2. The Morgan fingerprint density at radius 1 is 1.36 bits per heavy atom. The molecule has 3 heteroatoms. The van der Waals surface area contributed by atoms with E-state index in [1.165, 1.54) is 25.0 Å². The SMILES string of the molecule is Nc1ncc2n1CCCCC2. The lowest BCUT2D eigenvalue weighted by Crippen LogP contribution is -2.04. The van der Waals surface area contributed by atoms with Gasteiger partial charge >= 0.3 is 0 Å². The summed E-state index contributed by atoms with van der Waals surface area (Å²) in [6.45, 7) is 1.06. The summed E-state index contributed by atoms with van der Waals surface area (Å²) in [4.78, 5) is 4.08. The molecular formula is C8H13N3. The minimum Gasteiger partial charge on any atom is -0.369 e. The van der Waals surface area contributed by atoms with Crippen LogP contribution in [0.1, 0.15) is 25.0 Å². The van der Waals surface area contributed by atoms with Crippen LogP contribution in [0.3, 0.4) is 0 Å². The van der Waals surface area contributed by atoms with Crippen molar-refractivity contribution in [2.24, 2.45) is 0 Å². The number of anilines is 1. The largest absolute Gasteiger partial charge is 0.369 e. The van der Waals surface area contributed by atoms with Crippen LogP contribution in [-0.2, 0) is 13.0 Å². The molecule has 0 unspecified atom stereocenters. The van der Waals surface area contributed by atoms with Gasteiger partial charge in [-0.2, -0.15) is 0 Å². The number of rotatable bonds is 0. The Bertz CT molecular complexity index is 252. The molecule has 0 fully saturated rings. The van der Waals surface area contributed by atoms with Gasteiger partial charge in [0.1, 0.15) is 0 Å². The van der Waals surface area contributed by atoms with E-state index in [-0.39, 0.29) is 0 Å². The van der Waals surface area contributed by atoms with E-state index in [0.717, 1.165) is 13.0 Å². The monoisotopic (exact) mass is 151 g/mol. The summed E-state index contributed by atoms with van der Waals surface area (Å²) in [7, 11) is 0. The number of hydrogen-bond acceptors (Lipinski definition) is 2. The zero-order valence-corrected chi connectivity index (χ0v) is 6.58. The van der Waals surface area contributed by atoms with Gasteiger partial charge in [-0.3, -0.25) is 0 Å². The molecule has 0 aromatic carbocycles. The molecule has 0 saturated carbocycles. The smallest absolute Gasteiger partial charge is 0.200 e. The fourth-order valence-electron chi connectivity index (χ4n) is 1.64. The van der Waals surface area contributed by atoms with Gasteiger partial charge in [0.25, 0.3) is 0 Å². The molecule has 2 rings (SSSR count). The molecule has 60 valence electrons. The summed E-state index contributed by atoms with van der Waals surface area (Å²) in [6, 6.07) is 0. The van der Waals surface area contributed by atoms with Crippen molar-refractivity contribution < 1.29 is 0 Å². The molecule has 1 aliphatic rings. The van der Waals surface area contributed by atoms with Crippen molar-refractivity contribution in [1.82, 2.24) is 9.55 Å². The Morgan fingerprint density at radius 2 is 2.27 bits per heavy atom. The molecule has 0 atom stereocenters. The van der Waals surface area contributed by atoms with Crippen molar-refractivity contribution in [2.75, 3.05) is 5.73 Å². The first-order chi connectivity index (χ1) is 5.38. The molecule has 0 aliphatic carbocycles. The lowest BCUT2D eigenvalue weighted by molar-refractivity contribution is 0.638. The number of imidazole rings is 1. The normalized spacial score (nSPS) is 17.5. The molecular weight excluding hydrogens is 138 g/mol. The van der Waals surface area contributed by atoms with Gasteiger partial charge in [0.2, 0.25) is 0 Å². The minimum atomic E-state index is 0.682. The molecule has 11 heavy (non-hydrogen) atoms. The molecule has 0 spiro atoms. The maximum atomic E-state index is 5.68. The topological polar surface area (TPSA) is 43.8 Å². The Morgan fingerprint density at radius 3 is 3.18 bits per heavy atom. The van der Waals surface area contributed by atoms with Gasteiger partial charge < -0.3 is 10.3 Å². The number of nitrogens with two attached hydrogens (primary N) is 1. The Labute approximate surface area is 66.2 Å². The Kier molecular flexibility index (Phi) is 1.56. The van der Waals surface area contributed by atoms with Gasteiger partial charge in [0.15, 0.2) is 5.95 Å². The van der Waals surface area contributed by atoms with Crippen LogP contribution in [0.4, 0.5) is 5.95 Å². The average Bonchev–Trinajstić information content (AvgIpc) is 2.25. The molecule has 1 aliphatic heterocycles. The number of nitrogen functional groups attached to an aromatic ring is 1. The molecule has 1 aromatic heterocycles. The fraction of sp³-hybridized carbons (Fsp3) is 0.625. The highest BCUT2D eigenvalue weighted by atomic mass is 15.1. The molecule has 2 N–H and O–H groups in total. The molecule has 2 heterocycles. The third kappa shape index (κ3) is 1.11. The molecule has 0 saturated heterocycles. The highest BCUT2D eigenvalue weighted by Gasteiger charge is 2.09. The number of aryl methyl sites for hydroxylation is 1. The van der Waals surface area contributed by atoms with Gasteiger partial charge in [0.05, 0.1) is 6.20 Å². The van der Waals surface area contributed by atoms with Gasteiger partial charge in [-0.1, -0.05) is 6.42 Å². The van der Waals surface area contributed by atoms with Gasteiger partial charge in [0, 0.05) is 12.2 Å². The fourth-order valence-corrected chi connectivity index (χ4v) is 1.64. The predicted octanol–water partition coefficient (Wildman–Crippen LogP) is 1.19. The Balaban J connectivity index is 2.35. The van der Waals surface area contributed by atoms with Crippen molar-refractivity contribution in [3.05, 3.63) is 11.9 Å². The van der Waals surface area contributed by atoms with Crippen LogP contribution in [0.25, 0.3) is 0 Å². The van der Waals surface area contributed by atoms with Crippen molar-refractivity contribution >= 4 is 5.95 Å². The highest BCUT2D eigenvalue weighted by Crippen LogP contribution is 2.16. The van der Waals surface area contributed by atoms with Crippen molar-refractivity contribution in [2.45, 2.75) is 32.2 Å². The van der Waals surface area contributed by atoms with E-state index in [0.29, 0.717) is 5.95 Å². The quantitative estimate of drug-likeness (QED) is 0.605. The maximum Gasteiger partial charge on any atom is 0.200 e. The molecule has 0 radical (unpaired) electrons. The Hall–Kier alpha value is -0.990. The standard InChI is InChI=1S/C8H13N3/c9-8-10-6-7-4-2-1-3-5-11(7)8/h6H,1-5H2,(H2,9,10). The maximum absolute atomic E-state index is 5.68. The van der Waals surface area contributed by atoms with Gasteiger partial charge in [-0.25, -0.2) is 4.98 Å². The van der Waals surface area contributed by atoms with Crippen LogP contribution in [0.15, 0.2) is 6.20 Å². The minimum absolute atomic E-state index is 0.682. The van der Waals surface area contributed by atoms with E-state index in [1.807, 2.05) is 6.20 Å². The van der Waals surface area contributed by atoms with E-state index in [9.17, 15) is 0 Å². The first-order valence-electron chi connectivity index (χ1n) is 4.18. The molecule has 0 amide bonds. The summed E-state index contributed by atoms with van der Waals surface area (Å²) in [5, 5.41) is 0.